The van der Waals surface area contributed by atoms with Gasteiger partial charge in [0.2, 0.25) is 10.0 Å². The fraction of sp³-hybridized carbons (Fsp3) is 0.500. The van der Waals surface area contributed by atoms with Crippen LogP contribution in [0.5, 0.6) is 0 Å². The number of halogens is 1. The predicted molar refractivity (Wildman–Crippen MR) is 86.5 cm³/mol. The van der Waals surface area contributed by atoms with Gasteiger partial charge in [0.15, 0.2) is 0 Å². The molecule has 21 heavy (non-hydrogen) atoms. The molecule has 0 spiro atoms. The van der Waals surface area contributed by atoms with Crippen molar-refractivity contribution in [2.24, 2.45) is 11.1 Å². The molecule has 0 radical (unpaired) electrons. The van der Waals surface area contributed by atoms with Gasteiger partial charge >= 0.3 is 0 Å². The number of sulfonamides is 1. The van der Waals surface area contributed by atoms with Gasteiger partial charge in [-0.05, 0) is 46.5 Å². The number of amides is 1. The lowest BCUT2D eigenvalue weighted by Gasteiger charge is -2.09. The molecule has 0 fully saturated rings. The highest BCUT2D eigenvalue weighted by atomic mass is 79.9. The molecule has 0 heterocycles. The molecular weight excluding hydrogens is 356 g/mol. The van der Waals surface area contributed by atoms with Gasteiger partial charge in [0.25, 0.3) is 5.91 Å². The number of unbranched alkanes of at least 4 members (excludes halogenated alkanes) is 1. The van der Waals surface area contributed by atoms with E-state index < -0.39 is 10.0 Å². The maximum atomic E-state index is 12.1. The second-order valence-electron chi connectivity index (χ2n) is 5.33. The van der Waals surface area contributed by atoms with Gasteiger partial charge < -0.3 is 5.32 Å². The molecule has 5 nitrogen and oxygen atoms in total. The summed E-state index contributed by atoms with van der Waals surface area (Å²) in [5.74, 6) is 0.346. The Morgan fingerprint density at radius 2 is 2.00 bits per heavy atom. The zero-order valence-electron chi connectivity index (χ0n) is 12.2. The van der Waals surface area contributed by atoms with Crippen LogP contribution in [-0.4, -0.2) is 20.9 Å². The standard InChI is InChI=1S/C14H21BrN2O3S/c1-10(2)5-3-4-8-17-14(18)12-9-11(21(16,19)20)6-7-13(12)15/h6-7,9-10H,3-5,8H2,1-2H3,(H,17,18)(H2,16,19,20). The Bertz CT molecular complexity index is 600. The maximum Gasteiger partial charge on any atom is 0.252 e. The maximum absolute atomic E-state index is 12.1. The van der Waals surface area contributed by atoms with Gasteiger partial charge in [-0.25, -0.2) is 13.6 Å². The van der Waals surface area contributed by atoms with Gasteiger partial charge in [0.1, 0.15) is 0 Å². The monoisotopic (exact) mass is 376 g/mol. The largest absolute Gasteiger partial charge is 0.352 e. The van der Waals surface area contributed by atoms with Crippen molar-refractivity contribution < 1.29 is 13.2 Å². The number of rotatable bonds is 7. The van der Waals surface area contributed by atoms with Gasteiger partial charge in [0, 0.05) is 11.0 Å². The number of benzene rings is 1. The highest BCUT2D eigenvalue weighted by molar-refractivity contribution is 9.10. The summed E-state index contributed by atoms with van der Waals surface area (Å²) in [5.41, 5.74) is 0.269. The molecule has 0 atom stereocenters. The minimum Gasteiger partial charge on any atom is -0.352 e. The summed E-state index contributed by atoms with van der Waals surface area (Å²) >= 11 is 3.24. The molecule has 0 aromatic heterocycles. The highest BCUT2D eigenvalue weighted by Gasteiger charge is 2.15. The first-order valence-corrected chi connectivity index (χ1v) is 9.16. The fourth-order valence-electron chi connectivity index (χ4n) is 1.83. The van der Waals surface area contributed by atoms with E-state index in [0.29, 0.717) is 16.9 Å². The number of primary sulfonamides is 1. The summed E-state index contributed by atoms with van der Waals surface area (Å²) in [6, 6.07) is 4.15. The number of carbonyl (C=O) groups excluding carboxylic acids is 1. The lowest BCUT2D eigenvalue weighted by molar-refractivity contribution is 0.0952. The SMILES string of the molecule is CC(C)CCCCNC(=O)c1cc(S(N)(=O)=O)ccc1Br. The third-order valence-electron chi connectivity index (χ3n) is 3.00. The van der Waals surface area contributed by atoms with Crippen molar-refractivity contribution >= 4 is 31.9 Å². The molecule has 0 aliphatic rings. The van der Waals surface area contributed by atoms with E-state index in [4.69, 9.17) is 5.14 Å². The third-order valence-corrected chi connectivity index (χ3v) is 4.61. The number of carbonyl (C=O) groups is 1. The summed E-state index contributed by atoms with van der Waals surface area (Å²) < 4.78 is 23.2. The van der Waals surface area contributed by atoms with E-state index in [2.05, 4.69) is 35.1 Å². The van der Waals surface area contributed by atoms with Crippen molar-refractivity contribution in [3.8, 4) is 0 Å². The lowest BCUT2D eigenvalue weighted by atomic mass is 10.1. The van der Waals surface area contributed by atoms with E-state index >= 15 is 0 Å². The molecule has 1 aromatic carbocycles. The summed E-state index contributed by atoms with van der Waals surface area (Å²) in [6.45, 7) is 4.89. The molecule has 1 rings (SSSR count). The molecule has 1 amide bonds. The van der Waals surface area contributed by atoms with Crippen LogP contribution in [0.2, 0.25) is 0 Å². The molecule has 1 aromatic rings. The Morgan fingerprint density at radius 1 is 1.33 bits per heavy atom. The van der Waals surface area contributed by atoms with E-state index in [9.17, 15) is 13.2 Å². The molecular formula is C14H21BrN2O3S. The summed E-state index contributed by atoms with van der Waals surface area (Å²) in [6.07, 6.45) is 3.08. The molecule has 7 heteroatoms. The number of hydrogen-bond donors (Lipinski definition) is 2. The molecule has 0 saturated heterocycles. The highest BCUT2D eigenvalue weighted by Crippen LogP contribution is 2.20. The zero-order valence-corrected chi connectivity index (χ0v) is 14.6. The molecule has 0 saturated carbocycles. The number of hydrogen-bond acceptors (Lipinski definition) is 3. The zero-order chi connectivity index (χ0) is 16.0. The Kier molecular flexibility index (Phi) is 6.83. The van der Waals surface area contributed by atoms with Gasteiger partial charge in [-0.3, -0.25) is 4.79 Å². The number of nitrogens with one attached hydrogen (secondary N) is 1. The minimum atomic E-state index is -3.82. The van der Waals surface area contributed by atoms with Crippen LogP contribution < -0.4 is 10.5 Å². The summed E-state index contributed by atoms with van der Waals surface area (Å²) in [4.78, 5) is 12.0. The first-order chi connectivity index (χ1) is 9.71. The quantitative estimate of drug-likeness (QED) is 0.716. The molecule has 3 N–H and O–H groups in total. The van der Waals surface area contributed by atoms with E-state index in [0.717, 1.165) is 19.3 Å². The van der Waals surface area contributed by atoms with Crippen molar-refractivity contribution in [3.05, 3.63) is 28.2 Å². The van der Waals surface area contributed by atoms with Gasteiger partial charge in [0.05, 0.1) is 10.5 Å². The van der Waals surface area contributed by atoms with Crippen LogP contribution >= 0.6 is 15.9 Å². The number of nitrogens with two attached hydrogens (primary N) is 1. The Hall–Kier alpha value is -0.920. The van der Waals surface area contributed by atoms with Crippen molar-refractivity contribution in [2.45, 2.75) is 38.0 Å². The summed E-state index contributed by atoms with van der Waals surface area (Å²) in [5, 5.41) is 7.86. The molecule has 0 unspecified atom stereocenters. The Balaban J connectivity index is 2.66. The van der Waals surface area contributed by atoms with Crippen LogP contribution in [0.25, 0.3) is 0 Å². The van der Waals surface area contributed by atoms with Gasteiger partial charge in [-0.15, -0.1) is 0 Å². The lowest BCUT2D eigenvalue weighted by Crippen LogP contribution is -2.25. The van der Waals surface area contributed by atoms with Crippen LogP contribution in [-0.2, 0) is 10.0 Å². The van der Waals surface area contributed by atoms with E-state index in [1.165, 1.54) is 18.2 Å². The van der Waals surface area contributed by atoms with Crippen molar-refractivity contribution in [1.82, 2.24) is 5.32 Å². The average molecular weight is 377 g/mol. The second-order valence-corrected chi connectivity index (χ2v) is 7.75. The first kappa shape index (κ1) is 18.1. The fourth-order valence-corrected chi connectivity index (χ4v) is 2.80. The smallest absolute Gasteiger partial charge is 0.252 e. The Labute approximate surface area is 134 Å². The van der Waals surface area contributed by atoms with Crippen LogP contribution in [0.3, 0.4) is 0 Å². The second kappa shape index (κ2) is 7.91. The third kappa shape index (κ3) is 6.15. The van der Waals surface area contributed by atoms with Crippen LogP contribution in [0, 0.1) is 5.92 Å². The van der Waals surface area contributed by atoms with Gasteiger partial charge in [-0.2, -0.15) is 0 Å². The normalized spacial score (nSPS) is 11.7. The topological polar surface area (TPSA) is 89.3 Å². The van der Waals surface area contributed by atoms with Crippen LogP contribution in [0.15, 0.2) is 27.6 Å². The van der Waals surface area contributed by atoms with Crippen molar-refractivity contribution in [2.75, 3.05) is 6.54 Å². The molecule has 0 bridgehead atoms. The van der Waals surface area contributed by atoms with Crippen molar-refractivity contribution in [3.63, 3.8) is 0 Å². The van der Waals surface area contributed by atoms with Crippen LogP contribution in [0.4, 0.5) is 0 Å². The van der Waals surface area contributed by atoms with Crippen molar-refractivity contribution in [1.29, 1.82) is 0 Å². The van der Waals surface area contributed by atoms with Gasteiger partial charge in [-0.1, -0.05) is 26.7 Å². The predicted octanol–water partition coefficient (Wildman–Crippen LogP) is 2.65. The summed E-state index contributed by atoms with van der Waals surface area (Å²) in [7, 11) is -3.82. The van der Waals surface area contributed by atoms with Crippen LogP contribution in [0.1, 0.15) is 43.5 Å². The van der Waals surface area contributed by atoms with E-state index in [1.54, 1.807) is 0 Å². The first-order valence-electron chi connectivity index (χ1n) is 6.82. The minimum absolute atomic E-state index is 0.0735. The molecule has 0 aliphatic heterocycles. The Morgan fingerprint density at radius 3 is 2.57 bits per heavy atom. The molecule has 0 aliphatic carbocycles. The van der Waals surface area contributed by atoms with E-state index in [1.807, 2.05) is 0 Å². The average Bonchev–Trinajstić information content (AvgIpc) is 2.36. The molecule has 118 valence electrons. The van der Waals surface area contributed by atoms with E-state index in [-0.39, 0.29) is 16.4 Å².